The van der Waals surface area contributed by atoms with Crippen molar-refractivity contribution < 1.29 is 10.2 Å². The zero-order chi connectivity index (χ0) is 9.94. The Morgan fingerprint density at radius 3 is 2.38 bits per heavy atom. The third-order valence-corrected chi connectivity index (χ3v) is 2.07. The number of aliphatic hydroxyl groups excluding tert-OH is 2. The van der Waals surface area contributed by atoms with Crippen molar-refractivity contribution >= 4 is 0 Å². The third-order valence-electron chi connectivity index (χ3n) is 2.07. The minimum atomic E-state index is 0.261. The minimum absolute atomic E-state index is 0.261. The molecule has 1 atom stereocenters. The Morgan fingerprint density at radius 2 is 1.77 bits per heavy atom. The van der Waals surface area contributed by atoms with E-state index in [9.17, 15) is 0 Å². The molecule has 0 aromatic heterocycles. The van der Waals surface area contributed by atoms with Crippen LogP contribution in [0.2, 0.25) is 0 Å². The van der Waals surface area contributed by atoms with Crippen LogP contribution in [0.15, 0.2) is 0 Å². The monoisotopic (exact) mass is 189 g/mol. The maximum Gasteiger partial charge on any atom is 0.0468 e. The van der Waals surface area contributed by atoms with E-state index in [1.54, 1.807) is 0 Å². The van der Waals surface area contributed by atoms with E-state index in [2.05, 4.69) is 5.32 Å². The van der Waals surface area contributed by atoms with E-state index in [0.29, 0.717) is 12.5 Å². The molecule has 0 bridgehead atoms. The molecule has 3 nitrogen and oxygen atoms in total. The smallest absolute Gasteiger partial charge is 0.0468 e. The van der Waals surface area contributed by atoms with E-state index >= 15 is 0 Å². The summed E-state index contributed by atoms with van der Waals surface area (Å²) in [4.78, 5) is 0. The summed E-state index contributed by atoms with van der Waals surface area (Å²) in [5, 5.41) is 20.6. The van der Waals surface area contributed by atoms with Crippen LogP contribution >= 0.6 is 0 Å². The molecular weight excluding hydrogens is 166 g/mol. The molecule has 0 saturated carbocycles. The zero-order valence-corrected chi connectivity index (χ0v) is 8.63. The maximum absolute atomic E-state index is 8.74. The fourth-order valence-electron chi connectivity index (χ4n) is 1.13. The molecule has 13 heavy (non-hydrogen) atoms. The van der Waals surface area contributed by atoms with Crippen molar-refractivity contribution in [2.24, 2.45) is 5.92 Å². The molecule has 1 unspecified atom stereocenters. The van der Waals surface area contributed by atoms with Gasteiger partial charge in [0.2, 0.25) is 0 Å². The molecule has 0 fully saturated rings. The molecule has 0 rings (SSSR count). The summed E-state index contributed by atoms with van der Waals surface area (Å²) in [5.41, 5.74) is 0. The molecule has 0 spiro atoms. The largest absolute Gasteiger partial charge is 0.396 e. The van der Waals surface area contributed by atoms with Gasteiger partial charge in [-0.1, -0.05) is 19.8 Å². The first-order chi connectivity index (χ1) is 6.31. The van der Waals surface area contributed by atoms with Crippen LogP contribution in [-0.4, -0.2) is 36.5 Å². The van der Waals surface area contributed by atoms with Crippen LogP contribution in [0.3, 0.4) is 0 Å². The zero-order valence-electron chi connectivity index (χ0n) is 8.63. The normalized spacial score (nSPS) is 13.2. The molecule has 0 aliphatic rings. The Morgan fingerprint density at radius 1 is 1.08 bits per heavy atom. The highest BCUT2D eigenvalue weighted by Gasteiger charge is 1.97. The second-order valence-corrected chi connectivity index (χ2v) is 3.63. The molecule has 0 aliphatic heterocycles. The van der Waals surface area contributed by atoms with Gasteiger partial charge >= 0.3 is 0 Å². The average molecular weight is 189 g/mol. The van der Waals surface area contributed by atoms with Gasteiger partial charge in [-0.25, -0.2) is 0 Å². The Labute approximate surface area is 81.2 Å². The highest BCUT2D eigenvalue weighted by molar-refractivity contribution is 4.55. The quantitative estimate of drug-likeness (QED) is 0.469. The van der Waals surface area contributed by atoms with Crippen molar-refractivity contribution in [3.05, 3.63) is 0 Å². The highest BCUT2D eigenvalue weighted by Crippen LogP contribution is 1.97. The molecular formula is C10H23NO2. The number of unbranched alkanes of at least 4 members (excludes halogenated alkanes) is 3. The van der Waals surface area contributed by atoms with Crippen molar-refractivity contribution in [3.63, 3.8) is 0 Å². The lowest BCUT2D eigenvalue weighted by Gasteiger charge is -2.08. The second kappa shape index (κ2) is 9.96. The van der Waals surface area contributed by atoms with Crippen molar-refractivity contribution in [1.29, 1.82) is 0 Å². The van der Waals surface area contributed by atoms with Crippen molar-refractivity contribution in [2.45, 2.75) is 32.6 Å². The number of hydrogen-bond acceptors (Lipinski definition) is 3. The lowest BCUT2D eigenvalue weighted by Crippen LogP contribution is -2.24. The molecule has 0 aliphatic carbocycles. The van der Waals surface area contributed by atoms with Crippen molar-refractivity contribution in [2.75, 3.05) is 26.3 Å². The summed E-state index contributed by atoms with van der Waals surface area (Å²) in [6, 6.07) is 0. The number of aliphatic hydroxyl groups is 2. The van der Waals surface area contributed by atoms with E-state index in [-0.39, 0.29) is 6.61 Å². The van der Waals surface area contributed by atoms with Gasteiger partial charge in [0.15, 0.2) is 0 Å². The van der Waals surface area contributed by atoms with E-state index in [1.807, 2.05) is 6.92 Å². The third kappa shape index (κ3) is 9.80. The van der Waals surface area contributed by atoms with Crippen LogP contribution in [0, 0.1) is 5.92 Å². The summed E-state index contributed by atoms with van der Waals surface area (Å²) in [6.45, 7) is 4.53. The lowest BCUT2D eigenvalue weighted by molar-refractivity contribution is 0.233. The van der Waals surface area contributed by atoms with Crippen LogP contribution < -0.4 is 5.32 Å². The Hall–Kier alpha value is -0.120. The fourth-order valence-corrected chi connectivity index (χ4v) is 1.13. The number of hydrogen-bond donors (Lipinski definition) is 3. The van der Waals surface area contributed by atoms with Gasteiger partial charge in [0, 0.05) is 13.2 Å². The van der Waals surface area contributed by atoms with Crippen molar-refractivity contribution in [1.82, 2.24) is 5.32 Å². The van der Waals surface area contributed by atoms with Crippen LogP contribution in [-0.2, 0) is 0 Å². The summed E-state index contributed by atoms with van der Waals surface area (Å²) in [7, 11) is 0. The second-order valence-electron chi connectivity index (χ2n) is 3.63. The molecule has 0 aromatic rings. The average Bonchev–Trinajstić information content (AvgIpc) is 2.16. The molecule has 0 saturated heterocycles. The van der Waals surface area contributed by atoms with Crippen LogP contribution in [0.4, 0.5) is 0 Å². The standard InChI is InChI=1S/C10H23NO2/c1-10(9-13)8-11-6-4-2-3-5-7-12/h10-13H,2-9H2,1H3. The minimum Gasteiger partial charge on any atom is -0.396 e. The van der Waals surface area contributed by atoms with Gasteiger partial charge in [-0.05, 0) is 31.8 Å². The Balaban J connectivity index is 2.91. The van der Waals surface area contributed by atoms with Crippen LogP contribution in [0.5, 0.6) is 0 Å². The first kappa shape index (κ1) is 12.9. The van der Waals surface area contributed by atoms with Gasteiger partial charge in [-0.2, -0.15) is 0 Å². The summed E-state index contributed by atoms with van der Waals surface area (Å²) < 4.78 is 0. The summed E-state index contributed by atoms with van der Waals surface area (Å²) >= 11 is 0. The predicted octanol–water partition coefficient (Wildman–Crippen LogP) is 0.757. The number of rotatable bonds is 9. The molecule has 0 heterocycles. The van der Waals surface area contributed by atoms with Gasteiger partial charge in [-0.15, -0.1) is 0 Å². The topological polar surface area (TPSA) is 52.5 Å². The molecule has 0 aromatic carbocycles. The first-order valence-electron chi connectivity index (χ1n) is 5.23. The lowest BCUT2D eigenvalue weighted by atomic mass is 10.2. The van der Waals surface area contributed by atoms with Crippen LogP contribution in [0.1, 0.15) is 32.6 Å². The summed E-state index contributed by atoms with van der Waals surface area (Å²) in [5.74, 6) is 0.359. The summed E-state index contributed by atoms with van der Waals surface area (Å²) in [6.07, 6.45) is 4.39. The van der Waals surface area contributed by atoms with Gasteiger partial charge in [0.1, 0.15) is 0 Å². The van der Waals surface area contributed by atoms with Gasteiger partial charge in [0.25, 0.3) is 0 Å². The van der Waals surface area contributed by atoms with E-state index in [0.717, 1.165) is 32.4 Å². The fraction of sp³-hybridized carbons (Fsp3) is 1.00. The molecule has 3 N–H and O–H groups in total. The Kier molecular flexibility index (Phi) is 9.87. The molecule has 3 heteroatoms. The van der Waals surface area contributed by atoms with Crippen LogP contribution in [0.25, 0.3) is 0 Å². The van der Waals surface area contributed by atoms with E-state index in [1.165, 1.54) is 6.42 Å². The molecule has 0 radical (unpaired) electrons. The molecule has 80 valence electrons. The van der Waals surface area contributed by atoms with Gasteiger partial charge in [-0.3, -0.25) is 0 Å². The van der Waals surface area contributed by atoms with E-state index in [4.69, 9.17) is 10.2 Å². The maximum atomic E-state index is 8.74. The molecule has 0 amide bonds. The first-order valence-corrected chi connectivity index (χ1v) is 5.23. The number of nitrogens with one attached hydrogen (secondary N) is 1. The van der Waals surface area contributed by atoms with Gasteiger partial charge < -0.3 is 15.5 Å². The Bertz CT molecular complexity index is 98.9. The SMILES string of the molecule is CC(CO)CNCCCCCCO. The van der Waals surface area contributed by atoms with Gasteiger partial charge in [0.05, 0.1) is 0 Å². The predicted molar refractivity (Wildman–Crippen MR) is 54.7 cm³/mol. The van der Waals surface area contributed by atoms with E-state index < -0.39 is 0 Å². The van der Waals surface area contributed by atoms with Crippen molar-refractivity contribution in [3.8, 4) is 0 Å². The highest BCUT2D eigenvalue weighted by atomic mass is 16.3.